The van der Waals surface area contributed by atoms with E-state index in [1.54, 1.807) is 0 Å². The van der Waals surface area contributed by atoms with Crippen LogP contribution in [0.5, 0.6) is 0 Å². The third kappa shape index (κ3) is 7.34. The Balaban J connectivity index is 3.41. The fraction of sp³-hybridized carbons (Fsp3) is 1.00. The zero-order chi connectivity index (χ0) is 10.8. The Bertz CT molecular complexity index is 115. The second-order valence-electron chi connectivity index (χ2n) is 4.19. The fourth-order valence-corrected chi connectivity index (χ4v) is 1.41. The highest BCUT2D eigenvalue weighted by molar-refractivity contribution is 4.68. The number of likely N-dealkylation sites (N-methyl/N-ethyl adjacent to an activating group) is 1. The van der Waals surface area contributed by atoms with Gasteiger partial charge in [0.25, 0.3) is 0 Å². The van der Waals surface area contributed by atoms with E-state index in [1.165, 1.54) is 19.3 Å². The van der Waals surface area contributed by atoms with Crippen molar-refractivity contribution in [3.05, 3.63) is 0 Å². The Morgan fingerprint density at radius 2 is 1.86 bits per heavy atom. The summed E-state index contributed by atoms with van der Waals surface area (Å²) < 4.78 is 5.65. The maximum atomic E-state index is 5.65. The standard InChI is InChI=1S/C12H27NO/c1-5-7-8-9-14-10-12(11(3)4)13-6-2/h11-13H,5-10H2,1-4H3. The Labute approximate surface area is 89.4 Å². The molecular weight excluding hydrogens is 174 g/mol. The molecule has 0 aliphatic rings. The quantitative estimate of drug-likeness (QED) is 0.579. The molecule has 0 aromatic carbocycles. The normalized spacial score (nSPS) is 13.5. The lowest BCUT2D eigenvalue weighted by atomic mass is 10.1. The first-order chi connectivity index (χ1) is 6.72. The lowest BCUT2D eigenvalue weighted by Crippen LogP contribution is -2.37. The van der Waals surface area contributed by atoms with Crippen molar-refractivity contribution in [3.63, 3.8) is 0 Å². The predicted octanol–water partition coefficient (Wildman–Crippen LogP) is 2.83. The van der Waals surface area contributed by atoms with E-state index in [0.29, 0.717) is 12.0 Å². The van der Waals surface area contributed by atoms with Crippen molar-refractivity contribution >= 4 is 0 Å². The van der Waals surface area contributed by atoms with Crippen LogP contribution in [0, 0.1) is 5.92 Å². The molecule has 1 unspecified atom stereocenters. The third-order valence-corrected chi connectivity index (χ3v) is 2.46. The molecule has 0 saturated carbocycles. The van der Waals surface area contributed by atoms with Crippen LogP contribution in [0.25, 0.3) is 0 Å². The molecule has 0 fully saturated rings. The number of ether oxygens (including phenoxy) is 1. The van der Waals surface area contributed by atoms with E-state index >= 15 is 0 Å². The van der Waals surface area contributed by atoms with Gasteiger partial charge in [-0.15, -0.1) is 0 Å². The van der Waals surface area contributed by atoms with E-state index in [1.807, 2.05) is 0 Å². The van der Waals surface area contributed by atoms with Gasteiger partial charge in [-0.1, -0.05) is 40.5 Å². The zero-order valence-corrected chi connectivity index (χ0v) is 10.3. The van der Waals surface area contributed by atoms with E-state index < -0.39 is 0 Å². The highest BCUT2D eigenvalue weighted by Crippen LogP contribution is 2.03. The minimum atomic E-state index is 0.515. The summed E-state index contributed by atoms with van der Waals surface area (Å²) in [7, 11) is 0. The van der Waals surface area contributed by atoms with Crippen LogP contribution >= 0.6 is 0 Å². The number of hydrogen-bond donors (Lipinski definition) is 1. The van der Waals surface area contributed by atoms with Gasteiger partial charge in [0.05, 0.1) is 6.61 Å². The van der Waals surface area contributed by atoms with Gasteiger partial charge in [-0.05, 0) is 18.9 Å². The van der Waals surface area contributed by atoms with Crippen LogP contribution in [0.15, 0.2) is 0 Å². The summed E-state index contributed by atoms with van der Waals surface area (Å²) in [6, 6.07) is 0.515. The molecule has 14 heavy (non-hydrogen) atoms. The van der Waals surface area contributed by atoms with E-state index in [9.17, 15) is 0 Å². The molecule has 0 aliphatic carbocycles. The lowest BCUT2D eigenvalue weighted by molar-refractivity contribution is 0.0957. The van der Waals surface area contributed by atoms with Gasteiger partial charge >= 0.3 is 0 Å². The first kappa shape index (κ1) is 13.9. The highest BCUT2D eigenvalue weighted by Gasteiger charge is 2.11. The monoisotopic (exact) mass is 201 g/mol. The van der Waals surface area contributed by atoms with Gasteiger partial charge in [-0.25, -0.2) is 0 Å². The second kappa shape index (κ2) is 9.47. The Hall–Kier alpha value is -0.0800. The molecule has 0 spiro atoms. The fourth-order valence-electron chi connectivity index (χ4n) is 1.41. The molecule has 0 heterocycles. The van der Waals surface area contributed by atoms with Gasteiger partial charge in [0.15, 0.2) is 0 Å². The summed E-state index contributed by atoms with van der Waals surface area (Å²) in [6.45, 7) is 11.6. The molecule has 0 saturated heterocycles. The summed E-state index contributed by atoms with van der Waals surface area (Å²) in [4.78, 5) is 0. The van der Waals surface area contributed by atoms with Crippen LogP contribution in [0.2, 0.25) is 0 Å². The summed E-state index contributed by atoms with van der Waals surface area (Å²) >= 11 is 0. The number of unbranched alkanes of at least 4 members (excludes halogenated alkanes) is 2. The summed E-state index contributed by atoms with van der Waals surface area (Å²) in [6.07, 6.45) is 3.76. The van der Waals surface area contributed by atoms with Crippen LogP contribution in [0.1, 0.15) is 47.0 Å². The molecule has 0 amide bonds. The van der Waals surface area contributed by atoms with Crippen LogP contribution in [-0.4, -0.2) is 25.8 Å². The van der Waals surface area contributed by atoms with Crippen LogP contribution < -0.4 is 5.32 Å². The molecule has 0 rings (SSSR count). The maximum absolute atomic E-state index is 5.65. The van der Waals surface area contributed by atoms with Gasteiger partial charge < -0.3 is 10.1 Å². The topological polar surface area (TPSA) is 21.3 Å². The van der Waals surface area contributed by atoms with Crippen molar-refractivity contribution in [2.24, 2.45) is 5.92 Å². The largest absolute Gasteiger partial charge is 0.380 e. The van der Waals surface area contributed by atoms with Crippen LogP contribution in [0.3, 0.4) is 0 Å². The summed E-state index contributed by atoms with van der Waals surface area (Å²) in [5.41, 5.74) is 0. The molecule has 0 aliphatic heterocycles. The number of nitrogens with one attached hydrogen (secondary N) is 1. The average Bonchev–Trinajstić information content (AvgIpc) is 2.15. The number of hydrogen-bond acceptors (Lipinski definition) is 2. The van der Waals surface area contributed by atoms with E-state index in [2.05, 4.69) is 33.0 Å². The smallest absolute Gasteiger partial charge is 0.0622 e. The second-order valence-corrected chi connectivity index (χ2v) is 4.19. The van der Waals surface area contributed by atoms with E-state index in [-0.39, 0.29) is 0 Å². The van der Waals surface area contributed by atoms with Gasteiger partial charge in [-0.3, -0.25) is 0 Å². The van der Waals surface area contributed by atoms with Crippen LogP contribution in [0.4, 0.5) is 0 Å². The lowest BCUT2D eigenvalue weighted by Gasteiger charge is -2.21. The van der Waals surface area contributed by atoms with Crippen molar-refractivity contribution in [1.29, 1.82) is 0 Å². The molecule has 86 valence electrons. The van der Waals surface area contributed by atoms with Crippen molar-refractivity contribution in [2.45, 2.75) is 53.0 Å². The minimum absolute atomic E-state index is 0.515. The molecular formula is C12H27NO. The van der Waals surface area contributed by atoms with Gasteiger partial charge in [-0.2, -0.15) is 0 Å². The average molecular weight is 201 g/mol. The molecule has 2 heteroatoms. The van der Waals surface area contributed by atoms with Crippen LogP contribution in [-0.2, 0) is 4.74 Å². The molecule has 0 radical (unpaired) electrons. The Morgan fingerprint density at radius 3 is 2.36 bits per heavy atom. The molecule has 0 aromatic heterocycles. The molecule has 0 bridgehead atoms. The minimum Gasteiger partial charge on any atom is -0.380 e. The molecule has 2 nitrogen and oxygen atoms in total. The third-order valence-electron chi connectivity index (χ3n) is 2.46. The highest BCUT2D eigenvalue weighted by atomic mass is 16.5. The Morgan fingerprint density at radius 1 is 1.14 bits per heavy atom. The van der Waals surface area contributed by atoms with Crippen molar-refractivity contribution in [2.75, 3.05) is 19.8 Å². The Kier molecular flexibility index (Phi) is 9.42. The van der Waals surface area contributed by atoms with Gasteiger partial charge in [0, 0.05) is 12.6 Å². The first-order valence-corrected chi connectivity index (χ1v) is 6.03. The van der Waals surface area contributed by atoms with Gasteiger partial charge in [0.1, 0.15) is 0 Å². The summed E-state index contributed by atoms with van der Waals surface area (Å²) in [5.74, 6) is 0.654. The van der Waals surface area contributed by atoms with Crippen molar-refractivity contribution in [3.8, 4) is 0 Å². The summed E-state index contributed by atoms with van der Waals surface area (Å²) in [5, 5.41) is 3.45. The van der Waals surface area contributed by atoms with Gasteiger partial charge in [0.2, 0.25) is 0 Å². The van der Waals surface area contributed by atoms with Crippen molar-refractivity contribution < 1.29 is 4.74 Å². The number of rotatable bonds is 9. The van der Waals surface area contributed by atoms with E-state index in [4.69, 9.17) is 4.74 Å². The maximum Gasteiger partial charge on any atom is 0.0622 e. The van der Waals surface area contributed by atoms with Crippen molar-refractivity contribution in [1.82, 2.24) is 5.32 Å². The predicted molar refractivity (Wildman–Crippen MR) is 62.6 cm³/mol. The molecule has 0 aromatic rings. The SMILES string of the molecule is CCCCCOCC(NCC)C(C)C. The first-order valence-electron chi connectivity index (χ1n) is 6.03. The van der Waals surface area contributed by atoms with E-state index in [0.717, 1.165) is 19.8 Å². The molecule has 1 atom stereocenters. The zero-order valence-electron chi connectivity index (χ0n) is 10.3. The molecule has 1 N–H and O–H groups in total.